The number of carboxylic acid groups (broad SMARTS) is 1. The van der Waals surface area contributed by atoms with Crippen LogP contribution < -0.4 is 0 Å². The van der Waals surface area contributed by atoms with Crippen molar-refractivity contribution < 1.29 is 14.7 Å². The summed E-state index contributed by atoms with van der Waals surface area (Å²) >= 11 is 1.43. The summed E-state index contributed by atoms with van der Waals surface area (Å²) in [5.74, 6) is -0.186. The summed E-state index contributed by atoms with van der Waals surface area (Å²) in [6.45, 7) is 3.46. The molecule has 0 bridgehead atoms. The summed E-state index contributed by atoms with van der Waals surface area (Å²) in [6, 6.07) is 6.93. The van der Waals surface area contributed by atoms with E-state index in [9.17, 15) is 9.59 Å². The fraction of sp³-hybridized carbons (Fsp3) is 0.400. The fourth-order valence-electron chi connectivity index (χ4n) is 1.92. The Labute approximate surface area is 132 Å². The molecule has 1 amide bonds. The van der Waals surface area contributed by atoms with Crippen molar-refractivity contribution in [1.82, 2.24) is 14.9 Å². The summed E-state index contributed by atoms with van der Waals surface area (Å²) in [5, 5.41) is 8.94. The van der Waals surface area contributed by atoms with E-state index in [-0.39, 0.29) is 16.9 Å². The highest BCUT2D eigenvalue weighted by Crippen LogP contribution is 2.27. The number of carbonyl (C=O) groups excluding carboxylic acids is 1. The van der Waals surface area contributed by atoms with Gasteiger partial charge in [0.05, 0.1) is 22.0 Å². The van der Waals surface area contributed by atoms with Crippen molar-refractivity contribution in [2.45, 2.75) is 25.1 Å². The number of carbonyl (C=O) groups is 2. The van der Waals surface area contributed by atoms with Gasteiger partial charge in [0.2, 0.25) is 5.91 Å². The van der Waals surface area contributed by atoms with Crippen LogP contribution in [0.3, 0.4) is 0 Å². The normalized spacial score (nSPS) is 13.8. The van der Waals surface area contributed by atoms with Gasteiger partial charge in [-0.3, -0.25) is 4.79 Å². The Bertz CT molecular complexity index is 652. The second-order valence-electron chi connectivity index (χ2n) is 5.11. The van der Waals surface area contributed by atoms with E-state index in [1.165, 1.54) is 30.6 Å². The van der Waals surface area contributed by atoms with Crippen molar-refractivity contribution in [3.05, 3.63) is 30.1 Å². The molecule has 6 nitrogen and oxygen atoms in total. The van der Waals surface area contributed by atoms with Gasteiger partial charge in [-0.05, 0) is 26.0 Å². The van der Waals surface area contributed by atoms with E-state index in [0.29, 0.717) is 0 Å². The summed E-state index contributed by atoms with van der Waals surface area (Å²) in [7, 11) is 1.51. The number of aromatic nitrogens is 2. The number of carboxylic acids is 1. The smallest absolute Gasteiger partial charge is 0.326 e. The summed E-state index contributed by atoms with van der Waals surface area (Å²) in [5.41, 5.74) is 1.86. The highest BCUT2D eigenvalue weighted by atomic mass is 32.2. The number of imidazole rings is 1. The number of hydrogen-bond acceptors (Lipinski definition) is 4. The van der Waals surface area contributed by atoms with Crippen LogP contribution in [0.5, 0.6) is 0 Å². The lowest BCUT2D eigenvalue weighted by Crippen LogP contribution is -2.41. The number of likely N-dealkylation sites (N-methyl/N-ethyl adjacent to an activating group) is 1. The molecule has 0 aliphatic rings. The number of benzene rings is 1. The molecule has 22 heavy (non-hydrogen) atoms. The van der Waals surface area contributed by atoms with Crippen LogP contribution >= 0.6 is 11.8 Å². The average molecular weight is 321 g/mol. The molecular formula is C15H19N3O3S. The van der Waals surface area contributed by atoms with Crippen LogP contribution in [0.4, 0.5) is 0 Å². The first-order valence-electron chi connectivity index (χ1n) is 6.95. The number of nitrogens with one attached hydrogen (secondary N) is 1. The summed E-state index contributed by atoms with van der Waals surface area (Å²) in [6.07, 6.45) is 0. The van der Waals surface area contributed by atoms with Gasteiger partial charge in [0, 0.05) is 7.05 Å². The van der Waals surface area contributed by atoms with Crippen LogP contribution in [0.25, 0.3) is 11.0 Å². The molecule has 118 valence electrons. The number of H-pyrrole nitrogens is 1. The van der Waals surface area contributed by atoms with Gasteiger partial charge >= 0.3 is 5.97 Å². The van der Waals surface area contributed by atoms with Gasteiger partial charge in [-0.25, -0.2) is 9.78 Å². The Balaban J connectivity index is 1.96. The largest absolute Gasteiger partial charge is 0.480 e. The molecule has 0 fully saturated rings. The predicted molar refractivity (Wildman–Crippen MR) is 86.8 cm³/mol. The predicted octanol–water partition coefficient (Wildman–Crippen LogP) is 2.29. The number of para-hydroxylation sites is 2. The van der Waals surface area contributed by atoms with Gasteiger partial charge in [0.25, 0.3) is 0 Å². The third-order valence-corrected chi connectivity index (χ3v) is 4.72. The van der Waals surface area contributed by atoms with Crippen molar-refractivity contribution >= 4 is 34.7 Å². The monoisotopic (exact) mass is 321 g/mol. The van der Waals surface area contributed by atoms with Gasteiger partial charge in [-0.15, -0.1) is 11.8 Å². The van der Waals surface area contributed by atoms with Crippen molar-refractivity contribution in [3.8, 4) is 0 Å². The Morgan fingerprint density at radius 2 is 2.05 bits per heavy atom. The maximum absolute atomic E-state index is 12.0. The molecule has 0 radical (unpaired) electrons. The van der Waals surface area contributed by atoms with E-state index in [1.54, 1.807) is 0 Å². The first-order chi connectivity index (χ1) is 10.4. The first-order valence-corrected chi connectivity index (χ1v) is 7.99. The van der Waals surface area contributed by atoms with E-state index in [4.69, 9.17) is 5.11 Å². The quantitative estimate of drug-likeness (QED) is 0.852. The molecule has 2 N–H and O–H groups in total. The number of aromatic amines is 1. The van der Waals surface area contributed by atoms with Gasteiger partial charge < -0.3 is 15.0 Å². The standard InChI is InChI=1S/C15H19N3O3S/c1-9(15(20)21)18(3)13(19)8-22-10(2)14-16-11-6-4-5-7-12(11)17-14/h4-7,9-10H,8H2,1-3H3,(H,16,17)(H,20,21). The minimum absolute atomic E-state index is 0.0184. The van der Waals surface area contributed by atoms with Crippen LogP contribution in [0.2, 0.25) is 0 Å². The van der Waals surface area contributed by atoms with Gasteiger partial charge in [-0.2, -0.15) is 0 Å². The number of hydrogen-bond donors (Lipinski definition) is 2. The molecule has 2 atom stereocenters. The Kier molecular flexibility index (Phi) is 5.07. The second-order valence-corrected chi connectivity index (χ2v) is 6.44. The van der Waals surface area contributed by atoms with Crippen LogP contribution in [0.1, 0.15) is 24.9 Å². The number of rotatable bonds is 6. The van der Waals surface area contributed by atoms with Gasteiger partial charge in [0.1, 0.15) is 11.9 Å². The maximum Gasteiger partial charge on any atom is 0.326 e. The van der Waals surface area contributed by atoms with Crippen LogP contribution in [-0.2, 0) is 9.59 Å². The lowest BCUT2D eigenvalue weighted by molar-refractivity contribution is -0.147. The average Bonchev–Trinajstić information content (AvgIpc) is 2.94. The fourth-order valence-corrected chi connectivity index (χ4v) is 2.79. The van der Waals surface area contributed by atoms with Crippen molar-refractivity contribution in [3.63, 3.8) is 0 Å². The van der Waals surface area contributed by atoms with E-state index in [2.05, 4.69) is 9.97 Å². The first kappa shape index (κ1) is 16.4. The number of aliphatic carboxylic acids is 1. The molecule has 1 aromatic carbocycles. The third kappa shape index (κ3) is 3.59. The van der Waals surface area contributed by atoms with Crippen molar-refractivity contribution in [1.29, 1.82) is 0 Å². The molecule has 0 aliphatic carbocycles. The highest BCUT2D eigenvalue weighted by molar-refractivity contribution is 8.00. The molecule has 0 saturated carbocycles. The third-order valence-electron chi connectivity index (χ3n) is 3.58. The SMILES string of the molecule is CC(SCC(=O)N(C)C(C)C(=O)O)c1nc2ccccc2[nH]1. The van der Waals surface area contributed by atoms with E-state index >= 15 is 0 Å². The van der Waals surface area contributed by atoms with Crippen molar-refractivity contribution in [2.24, 2.45) is 0 Å². The van der Waals surface area contributed by atoms with Gasteiger partial charge in [-0.1, -0.05) is 12.1 Å². The lowest BCUT2D eigenvalue weighted by atomic mass is 10.3. The zero-order valence-electron chi connectivity index (χ0n) is 12.7. The maximum atomic E-state index is 12.0. The summed E-state index contributed by atoms with van der Waals surface area (Å²) in [4.78, 5) is 31.9. The molecule has 0 aliphatic heterocycles. The Hall–Kier alpha value is -2.02. The number of thioether (sulfide) groups is 1. The Morgan fingerprint density at radius 1 is 1.36 bits per heavy atom. The number of amides is 1. The van der Waals surface area contributed by atoms with Crippen LogP contribution in [0, 0.1) is 0 Å². The van der Waals surface area contributed by atoms with Crippen LogP contribution in [-0.4, -0.2) is 50.7 Å². The molecule has 1 heterocycles. The molecule has 0 spiro atoms. The molecule has 2 unspecified atom stereocenters. The lowest BCUT2D eigenvalue weighted by Gasteiger charge is -2.21. The van der Waals surface area contributed by atoms with E-state index in [0.717, 1.165) is 16.9 Å². The minimum Gasteiger partial charge on any atom is -0.480 e. The topological polar surface area (TPSA) is 86.3 Å². The van der Waals surface area contributed by atoms with E-state index < -0.39 is 12.0 Å². The molecule has 7 heteroatoms. The number of fused-ring (bicyclic) bond motifs is 1. The zero-order valence-corrected chi connectivity index (χ0v) is 13.6. The Morgan fingerprint density at radius 3 is 2.68 bits per heavy atom. The molecule has 2 aromatic rings. The zero-order chi connectivity index (χ0) is 16.3. The second kappa shape index (κ2) is 6.83. The molecule has 1 aromatic heterocycles. The summed E-state index contributed by atoms with van der Waals surface area (Å²) < 4.78 is 0. The molecular weight excluding hydrogens is 302 g/mol. The van der Waals surface area contributed by atoms with Gasteiger partial charge in [0.15, 0.2) is 0 Å². The highest BCUT2D eigenvalue weighted by Gasteiger charge is 2.22. The van der Waals surface area contributed by atoms with E-state index in [1.807, 2.05) is 31.2 Å². The number of nitrogens with zero attached hydrogens (tertiary/aromatic N) is 2. The van der Waals surface area contributed by atoms with Crippen LogP contribution in [0.15, 0.2) is 24.3 Å². The minimum atomic E-state index is -1.01. The van der Waals surface area contributed by atoms with Crippen molar-refractivity contribution in [2.75, 3.05) is 12.8 Å². The molecule has 2 rings (SSSR count). The molecule has 0 saturated heterocycles.